The van der Waals surface area contributed by atoms with Crippen LogP contribution in [0.2, 0.25) is 0 Å². The Morgan fingerprint density at radius 1 is 1.08 bits per heavy atom. The second-order valence-electron chi connectivity index (χ2n) is 5.36. The summed E-state index contributed by atoms with van der Waals surface area (Å²) in [7, 11) is -4.05. The molecule has 0 fully saturated rings. The highest BCUT2D eigenvalue weighted by Crippen LogP contribution is 2.19. The molecule has 1 aromatic carbocycles. The van der Waals surface area contributed by atoms with E-state index in [1.165, 1.54) is 18.4 Å². The average molecular weight is 373 g/mol. The van der Waals surface area contributed by atoms with Gasteiger partial charge < -0.3 is 4.42 Å². The molecule has 132 valence electrons. The predicted molar refractivity (Wildman–Crippen MR) is 88.1 cm³/mol. The van der Waals surface area contributed by atoms with E-state index in [-0.39, 0.29) is 22.4 Å². The fourth-order valence-corrected chi connectivity index (χ4v) is 3.65. The number of sulfonamides is 2. The van der Waals surface area contributed by atoms with Crippen LogP contribution in [-0.4, -0.2) is 42.4 Å². The van der Waals surface area contributed by atoms with Gasteiger partial charge in [0.2, 0.25) is 20.0 Å². The number of likely N-dealkylation sites (N-methyl/N-ethyl adjacent to an activating group) is 1. The van der Waals surface area contributed by atoms with Gasteiger partial charge in [0.25, 0.3) is 0 Å². The van der Waals surface area contributed by atoms with Crippen LogP contribution in [0.15, 0.2) is 56.9 Å². The van der Waals surface area contributed by atoms with Crippen molar-refractivity contribution in [1.29, 1.82) is 0 Å². The number of rotatable bonds is 7. The molecule has 8 nitrogen and oxygen atoms in total. The third kappa shape index (κ3) is 4.42. The highest BCUT2D eigenvalue weighted by Gasteiger charge is 2.21. The van der Waals surface area contributed by atoms with Crippen molar-refractivity contribution >= 4 is 20.0 Å². The molecule has 3 N–H and O–H groups in total. The van der Waals surface area contributed by atoms with Gasteiger partial charge in [-0.25, -0.2) is 26.7 Å². The van der Waals surface area contributed by atoms with Crippen molar-refractivity contribution in [2.45, 2.75) is 15.8 Å². The molecule has 1 aromatic heterocycles. The minimum Gasteiger partial charge on any atom is -0.468 e. The Bertz CT molecular complexity index is 873. The highest BCUT2D eigenvalue weighted by molar-refractivity contribution is 7.89. The Labute approximate surface area is 141 Å². The van der Waals surface area contributed by atoms with E-state index >= 15 is 0 Å². The van der Waals surface area contributed by atoms with Gasteiger partial charge in [0.1, 0.15) is 5.76 Å². The number of primary sulfonamides is 1. The summed E-state index contributed by atoms with van der Waals surface area (Å²) in [6.45, 7) is 0.0970. The van der Waals surface area contributed by atoms with E-state index in [1.807, 2.05) is 19.0 Å². The third-order valence-electron chi connectivity index (χ3n) is 3.42. The van der Waals surface area contributed by atoms with Crippen LogP contribution in [0.4, 0.5) is 0 Å². The molecule has 1 atom stereocenters. The van der Waals surface area contributed by atoms with Crippen LogP contribution in [-0.2, 0) is 20.0 Å². The predicted octanol–water partition coefficient (Wildman–Crippen LogP) is 0.508. The quantitative estimate of drug-likeness (QED) is 0.729. The molecule has 0 radical (unpaired) electrons. The Hall–Kier alpha value is -1.72. The number of hydrogen-bond acceptors (Lipinski definition) is 6. The third-order valence-corrected chi connectivity index (χ3v) is 5.79. The molecule has 0 saturated carbocycles. The SMILES string of the molecule is CN(C)C(CNS(=O)(=O)c1ccc(S(N)(=O)=O)cc1)c1ccco1. The lowest BCUT2D eigenvalue weighted by Crippen LogP contribution is -2.34. The zero-order valence-corrected chi connectivity index (χ0v) is 14.8. The summed E-state index contributed by atoms with van der Waals surface area (Å²) in [6.07, 6.45) is 1.52. The van der Waals surface area contributed by atoms with Crippen molar-refractivity contribution in [1.82, 2.24) is 9.62 Å². The van der Waals surface area contributed by atoms with Crippen LogP contribution in [0.1, 0.15) is 11.8 Å². The first kappa shape index (κ1) is 18.6. The molecule has 2 rings (SSSR count). The zero-order chi connectivity index (χ0) is 18.0. The standard InChI is InChI=1S/C14H19N3O5S2/c1-17(2)13(14-4-3-9-22-14)10-16-24(20,21)12-7-5-11(6-8-12)23(15,18)19/h3-9,13,16H,10H2,1-2H3,(H2,15,18,19). The summed E-state index contributed by atoms with van der Waals surface area (Å²) >= 11 is 0. The molecule has 24 heavy (non-hydrogen) atoms. The van der Waals surface area contributed by atoms with Crippen LogP contribution in [0, 0.1) is 0 Å². The molecule has 0 bridgehead atoms. The smallest absolute Gasteiger partial charge is 0.240 e. The first-order valence-corrected chi connectivity index (χ1v) is 9.96. The van der Waals surface area contributed by atoms with Crippen molar-refractivity contribution in [2.75, 3.05) is 20.6 Å². The van der Waals surface area contributed by atoms with Gasteiger partial charge in [-0.2, -0.15) is 0 Å². The van der Waals surface area contributed by atoms with Gasteiger partial charge in [0, 0.05) is 6.54 Å². The van der Waals surface area contributed by atoms with Crippen LogP contribution in [0.25, 0.3) is 0 Å². The fraction of sp³-hybridized carbons (Fsp3) is 0.286. The Kier molecular flexibility index (Phi) is 5.45. The number of nitrogens with two attached hydrogens (primary N) is 1. The summed E-state index contributed by atoms with van der Waals surface area (Å²) in [5.74, 6) is 0.632. The van der Waals surface area contributed by atoms with Gasteiger partial charge in [0.15, 0.2) is 0 Å². The number of furan rings is 1. The topological polar surface area (TPSA) is 123 Å². The van der Waals surface area contributed by atoms with E-state index in [4.69, 9.17) is 9.56 Å². The van der Waals surface area contributed by atoms with Crippen LogP contribution in [0.5, 0.6) is 0 Å². The highest BCUT2D eigenvalue weighted by atomic mass is 32.2. The van der Waals surface area contributed by atoms with Crippen molar-refractivity contribution in [3.8, 4) is 0 Å². The first-order valence-electron chi connectivity index (χ1n) is 6.93. The number of benzene rings is 1. The van der Waals surface area contributed by atoms with E-state index in [2.05, 4.69) is 4.72 Å². The second kappa shape index (κ2) is 7.03. The minimum absolute atomic E-state index is 0.0492. The van der Waals surface area contributed by atoms with Gasteiger partial charge in [-0.1, -0.05) is 0 Å². The number of nitrogens with zero attached hydrogens (tertiary/aromatic N) is 1. The molecule has 2 aromatic rings. The van der Waals surface area contributed by atoms with Gasteiger partial charge >= 0.3 is 0 Å². The normalized spacial score (nSPS) is 14.0. The fourth-order valence-electron chi connectivity index (χ4n) is 2.10. The van der Waals surface area contributed by atoms with Crippen LogP contribution >= 0.6 is 0 Å². The lowest BCUT2D eigenvalue weighted by Gasteiger charge is -2.22. The number of nitrogens with one attached hydrogen (secondary N) is 1. The van der Waals surface area contributed by atoms with Gasteiger partial charge in [0.05, 0.1) is 22.1 Å². The van der Waals surface area contributed by atoms with Crippen molar-refractivity contribution in [3.63, 3.8) is 0 Å². The van der Waals surface area contributed by atoms with E-state index in [0.717, 1.165) is 12.1 Å². The maximum absolute atomic E-state index is 12.3. The Balaban J connectivity index is 2.16. The van der Waals surface area contributed by atoms with E-state index < -0.39 is 20.0 Å². The lowest BCUT2D eigenvalue weighted by molar-refractivity contribution is 0.259. The molecule has 1 heterocycles. The van der Waals surface area contributed by atoms with Crippen molar-refractivity contribution < 1.29 is 21.3 Å². The maximum atomic E-state index is 12.3. The summed E-state index contributed by atoms with van der Waals surface area (Å²) in [4.78, 5) is 1.63. The molecule has 0 aliphatic rings. The first-order chi connectivity index (χ1) is 11.1. The molecule has 0 aliphatic heterocycles. The molecule has 1 unspecified atom stereocenters. The van der Waals surface area contributed by atoms with E-state index in [9.17, 15) is 16.8 Å². The van der Waals surface area contributed by atoms with E-state index in [1.54, 1.807) is 12.1 Å². The summed E-state index contributed by atoms with van der Waals surface area (Å²) in [5, 5.41) is 4.99. The van der Waals surface area contributed by atoms with Crippen molar-refractivity contribution in [2.24, 2.45) is 5.14 Å². The van der Waals surface area contributed by atoms with Gasteiger partial charge in [-0.05, 0) is 50.5 Å². The van der Waals surface area contributed by atoms with Gasteiger partial charge in [-0.3, -0.25) is 4.90 Å². The molecule has 0 spiro atoms. The summed E-state index contributed by atoms with van der Waals surface area (Å²) in [6, 6.07) is 7.91. The average Bonchev–Trinajstić information content (AvgIpc) is 3.00. The largest absolute Gasteiger partial charge is 0.468 e. The zero-order valence-electron chi connectivity index (χ0n) is 13.2. The van der Waals surface area contributed by atoms with Crippen LogP contribution in [0.3, 0.4) is 0 Å². The Morgan fingerprint density at radius 3 is 2.12 bits per heavy atom. The lowest BCUT2D eigenvalue weighted by atomic mass is 10.2. The van der Waals surface area contributed by atoms with Crippen molar-refractivity contribution in [3.05, 3.63) is 48.4 Å². The van der Waals surface area contributed by atoms with Gasteiger partial charge in [-0.15, -0.1) is 0 Å². The Morgan fingerprint density at radius 2 is 1.67 bits per heavy atom. The second-order valence-corrected chi connectivity index (χ2v) is 8.69. The van der Waals surface area contributed by atoms with Crippen LogP contribution < -0.4 is 9.86 Å². The summed E-state index contributed by atoms with van der Waals surface area (Å²) in [5.41, 5.74) is 0. The molecule has 0 amide bonds. The van der Waals surface area contributed by atoms with E-state index in [0.29, 0.717) is 5.76 Å². The minimum atomic E-state index is -3.87. The summed E-state index contributed by atoms with van der Waals surface area (Å²) < 4.78 is 54.9. The maximum Gasteiger partial charge on any atom is 0.240 e. The molecular weight excluding hydrogens is 354 g/mol. The molecule has 0 saturated heterocycles. The monoisotopic (exact) mass is 373 g/mol. The number of hydrogen-bond donors (Lipinski definition) is 2. The molecular formula is C14H19N3O5S2. The molecule has 10 heteroatoms. The molecule has 0 aliphatic carbocycles.